The van der Waals surface area contributed by atoms with Crippen molar-refractivity contribution in [1.82, 2.24) is 18.9 Å². The maximum Gasteiger partial charge on any atom is 0.573 e. The van der Waals surface area contributed by atoms with Gasteiger partial charge in [-0.05, 0) is 85.3 Å². The highest BCUT2D eigenvalue weighted by Gasteiger charge is 2.32. The highest BCUT2D eigenvalue weighted by atomic mass is 32.2. The molecular formula is C29H30F3N5O3S. The molecule has 2 aromatic heterocycles. The fraction of sp³-hybridized carbons (Fsp3) is 0.379. The summed E-state index contributed by atoms with van der Waals surface area (Å²) in [5, 5.41) is 12.0. The van der Waals surface area contributed by atoms with Crippen LogP contribution in [0.1, 0.15) is 50.3 Å². The normalized spacial score (nSPS) is 17.7. The van der Waals surface area contributed by atoms with E-state index >= 15 is 0 Å². The number of anilines is 1. The summed E-state index contributed by atoms with van der Waals surface area (Å²) in [6.07, 6.45) is 3.10. The summed E-state index contributed by atoms with van der Waals surface area (Å²) < 4.78 is 71.3. The van der Waals surface area contributed by atoms with Crippen LogP contribution in [-0.4, -0.2) is 52.8 Å². The quantitative estimate of drug-likeness (QED) is 0.277. The lowest BCUT2D eigenvalue weighted by atomic mass is 10.1. The van der Waals surface area contributed by atoms with E-state index in [0.29, 0.717) is 37.5 Å². The summed E-state index contributed by atoms with van der Waals surface area (Å²) >= 11 is 0. The van der Waals surface area contributed by atoms with Crippen LogP contribution in [0.2, 0.25) is 0 Å². The number of nitrogens with one attached hydrogen (secondary N) is 1. The number of halogens is 3. The van der Waals surface area contributed by atoms with Crippen molar-refractivity contribution in [3.05, 3.63) is 72.7 Å². The fourth-order valence-corrected chi connectivity index (χ4v) is 7.21. The van der Waals surface area contributed by atoms with E-state index < -0.39 is 16.4 Å². The van der Waals surface area contributed by atoms with Gasteiger partial charge < -0.3 is 10.1 Å². The van der Waals surface area contributed by atoms with E-state index in [2.05, 4.69) is 24.7 Å². The van der Waals surface area contributed by atoms with Gasteiger partial charge in [0.25, 0.3) is 0 Å². The number of rotatable bonds is 7. The lowest BCUT2D eigenvalue weighted by Crippen LogP contribution is -2.42. The first-order chi connectivity index (χ1) is 19.7. The molecule has 0 unspecified atom stereocenters. The SMILES string of the molecule is O=S(=O)(c1ccc(-c2ccc3nnc(C4CCCC4)n3c2)cc1)N1CCC(Nc2ccc(OC(F)(F)F)cc2)CC1. The Bertz CT molecular complexity index is 1610. The Morgan fingerprint density at radius 1 is 0.829 bits per heavy atom. The maximum absolute atomic E-state index is 13.4. The monoisotopic (exact) mass is 585 g/mol. The molecular weight excluding hydrogens is 555 g/mol. The van der Waals surface area contributed by atoms with Gasteiger partial charge in [0, 0.05) is 36.9 Å². The first kappa shape index (κ1) is 27.5. The Balaban J connectivity index is 1.09. The average molecular weight is 586 g/mol. The first-order valence-electron chi connectivity index (χ1n) is 13.7. The molecule has 1 aliphatic carbocycles. The molecule has 1 N–H and O–H groups in total. The van der Waals surface area contributed by atoms with Crippen molar-refractivity contribution < 1.29 is 26.3 Å². The van der Waals surface area contributed by atoms with Crippen molar-refractivity contribution in [2.45, 2.75) is 61.7 Å². The number of nitrogens with zero attached hydrogens (tertiary/aromatic N) is 4. The van der Waals surface area contributed by atoms with E-state index in [4.69, 9.17) is 0 Å². The number of alkyl halides is 3. The molecule has 1 aliphatic heterocycles. The van der Waals surface area contributed by atoms with Gasteiger partial charge in [-0.2, -0.15) is 4.31 Å². The van der Waals surface area contributed by atoms with Crippen LogP contribution in [0.5, 0.6) is 5.75 Å². The third-order valence-electron chi connectivity index (χ3n) is 7.89. The van der Waals surface area contributed by atoms with Gasteiger partial charge in [0.2, 0.25) is 10.0 Å². The van der Waals surface area contributed by atoms with Crippen molar-refractivity contribution in [1.29, 1.82) is 0 Å². The number of fused-ring (bicyclic) bond motifs is 1. The molecule has 0 bridgehead atoms. The van der Waals surface area contributed by atoms with Crippen LogP contribution in [0.25, 0.3) is 16.8 Å². The van der Waals surface area contributed by atoms with Crippen molar-refractivity contribution in [2.24, 2.45) is 0 Å². The van der Waals surface area contributed by atoms with E-state index in [9.17, 15) is 21.6 Å². The predicted octanol–water partition coefficient (Wildman–Crippen LogP) is 6.22. The van der Waals surface area contributed by atoms with E-state index in [1.165, 1.54) is 41.4 Å². The molecule has 6 rings (SSSR count). The standard InChI is InChI=1S/C29H30F3N5O3S/c30-29(31,32)40-25-10-8-23(9-11-25)33-24-15-17-36(18-16-24)41(38,39)26-12-5-20(6-13-26)22-7-14-27-34-35-28(37(27)19-22)21-3-1-2-4-21/h5-14,19,21,24,33H,1-4,15-18H2. The number of aromatic nitrogens is 3. The van der Waals surface area contributed by atoms with Gasteiger partial charge in [-0.1, -0.05) is 25.0 Å². The molecule has 0 atom stereocenters. The maximum atomic E-state index is 13.4. The number of sulfonamides is 1. The van der Waals surface area contributed by atoms with Crippen LogP contribution in [0.3, 0.4) is 0 Å². The Kier molecular flexibility index (Phi) is 7.37. The lowest BCUT2D eigenvalue weighted by molar-refractivity contribution is -0.274. The predicted molar refractivity (Wildman–Crippen MR) is 148 cm³/mol. The van der Waals surface area contributed by atoms with E-state index in [-0.39, 0.29) is 16.7 Å². The molecule has 2 fully saturated rings. The van der Waals surface area contributed by atoms with Crippen molar-refractivity contribution in [2.75, 3.05) is 18.4 Å². The lowest BCUT2D eigenvalue weighted by Gasteiger charge is -2.32. The van der Waals surface area contributed by atoms with Gasteiger partial charge in [-0.3, -0.25) is 4.40 Å². The van der Waals surface area contributed by atoms with Gasteiger partial charge in [-0.15, -0.1) is 23.4 Å². The zero-order valence-electron chi connectivity index (χ0n) is 22.2. The highest BCUT2D eigenvalue weighted by molar-refractivity contribution is 7.89. The van der Waals surface area contributed by atoms with E-state index in [1.54, 1.807) is 12.1 Å². The number of piperidine rings is 1. The molecule has 0 spiro atoms. The van der Waals surface area contributed by atoms with Crippen LogP contribution in [0.15, 0.2) is 71.8 Å². The second-order valence-corrected chi connectivity index (χ2v) is 12.5. The number of ether oxygens (including phenoxy) is 1. The minimum atomic E-state index is -4.74. The summed E-state index contributed by atoms with van der Waals surface area (Å²) in [5.41, 5.74) is 3.33. The fourth-order valence-electron chi connectivity index (χ4n) is 5.74. The minimum absolute atomic E-state index is 0.0000764. The van der Waals surface area contributed by atoms with Crippen molar-refractivity contribution in [3.8, 4) is 16.9 Å². The molecule has 41 heavy (non-hydrogen) atoms. The molecule has 8 nitrogen and oxygen atoms in total. The molecule has 1 saturated heterocycles. The zero-order valence-corrected chi connectivity index (χ0v) is 23.0. The Labute approximate surface area is 236 Å². The molecule has 2 aliphatic rings. The van der Waals surface area contributed by atoms with Crippen molar-refractivity contribution in [3.63, 3.8) is 0 Å². The third kappa shape index (κ3) is 6.03. The van der Waals surface area contributed by atoms with Gasteiger partial charge in [0.15, 0.2) is 5.65 Å². The van der Waals surface area contributed by atoms with Crippen LogP contribution < -0.4 is 10.1 Å². The van der Waals surface area contributed by atoms with Crippen LogP contribution >= 0.6 is 0 Å². The molecule has 3 heterocycles. The second kappa shape index (κ2) is 11.0. The number of benzene rings is 2. The minimum Gasteiger partial charge on any atom is -0.406 e. The van der Waals surface area contributed by atoms with Gasteiger partial charge in [-0.25, -0.2) is 8.42 Å². The molecule has 4 aromatic rings. The summed E-state index contributed by atoms with van der Waals surface area (Å²) in [6.45, 7) is 0.677. The largest absolute Gasteiger partial charge is 0.573 e. The number of hydrogen-bond acceptors (Lipinski definition) is 6. The molecule has 2 aromatic carbocycles. The average Bonchev–Trinajstić information content (AvgIpc) is 3.63. The second-order valence-electron chi connectivity index (χ2n) is 10.6. The summed E-state index contributed by atoms with van der Waals surface area (Å²) in [7, 11) is -3.67. The Hall–Kier alpha value is -3.64. The first-order valence-corrected chi connectivity index (χ1v) is 15.2. The zero-order chi connectivity index (χ0) is 28.6. The number of pyridine rings is 1. The van der Waals surface area contributed by atoms with Crippen molar-refractivity contribution >= 4 is 21.4 Å². The smallest absolute Gasteiger partial charge is 0.406 e. The molecule has 216 valence electrons. The highest BCUT2D eigenvalue weighted by Crippen LogP contribution is 2.34. The summed E-state index contributed by atoms with van der Waals surface area (Å²) in [4.78, 5) is 0.241. The molecule has 0 radical (unpaired) electrons. The van der Waals surface area contributed by atoms with Crippen LogP contribution in [0, 0.1) is 0 Å². The summed E-state index contributed by atoms with van der Waals surface area (Å²) in [6, 6.07) is 16.4. The van der Waals surface area contributed by atoms with E-state index in [0.717, 1.165) is 35.4 Å². The van der Waals surface area contributed by atoms with Gasteiger partial charge in [0.05, 0.1) is 4.90 Å². The van der Waals surface area contributed by atoms with Gasteiger partial charge >= 0.3 is 6.36 Å². The molecule has 1 saturated carbocycles. The van der Waals surface area contributed by atoms with Gasteiger partial charge in [0.1, 0.15) is 11.6 Å². The Morgan fingerprint density at radius 3 is 2.15 bits per heavy atom. The topological polar surface area (TPSA) is 88.8 Å². The third-order valence-corrected chi connectivity index (χ3v) is 9.80. The Morgan fingerprint density at radius 2 is 1.49 bits per heavy atom. The summed E-state index contributed by atoms with van der Waals surface area (Å²) in [5.74, 6) is 1.12. The molecule has 0 amide bonds. The van der Waals surface area contributed by atoms with Crippen LogP contribution in [-0.2, 0) is 10.0 Å². The van der Waals surface area contributed by atoms with Crippen LogP contribution in [0.4, 0.5) is 18.9 Å². The molecule has 12 heteroatoms. The number of hydrogen-bond donors (Lipinski definition) is 1. The van der Waals surface area contributed by atoms with E-state index in [1.807, 2.05) is 30.5 Å².